The summed E-state index contributed by atoms with van der Waals surface area (Å²) in [6, 6.07) is 4.59. The van der Waals surface area contributed by atoms with Crippen molar-refractivity contribution < 1.29 is 23.0 Å². The number of rotatable bonds is 3. The third kappa shape index (κ3) is 2.71. The quantitative estimate of drug-likeness (QED) is 0.942. The number of halogens is 3. The standard InChI is InChI=1S/C12H10F3NO2S/c1-18-8-3-2-7(5-17)9(4-8)10-11(12(13,14)15)16-6-19-10/h2-4,6,17H,5H2,1H3. The number of aliphatic hydroxyl groups is 1. The van der Waals surface area contributed by atoms with Crippen LogP contribution >= 0.6 is 11.3 Å². The molecule has 0 radical (unpaired) electrons. The molecule has 0 spiro atoms. The SMILES string of the molecule is COc1ccc(CO)c(-c2scnc2C(F)(F)F)c1. The van der Waals surface area contributed by atoms with Crippen LogP contribution in [0.1, 0.15) is 11.3 Å². The zero-order chi connectivity index (χ0) is 14.0. The average Bonchev–Trinajstić information content (AvgIpc) is 2.87. The third-order valence-corrected chi connectivity index (χ3v) is 3.43. The Morgan fingerprint density at radius 3 is 2.68 bits per heavy atom. The van der Waals surface area contributed by atoms with E-state index < -0.39 is 11.9 Å². The molecule has 19 heavy (non-hydrogen) atoms. The van der Waals surface area contributed by atoms with Crippen molar-refractivity contribution in [2.45, 2.75) is 12.8 Å². The van der Waals surface area contributed by atoms with E-state index >= 15 is 0 Å². The maximum atomic E-state index is 12.8. The fraction of sp³-hybridized carbons (Fsp3) is 0.250. The Labute approximate surface area is 111 Å². The lowest BCUT2D eigenvalue weighted by atomic mass is 10.0. The van der Waals surface area contributed by atoms with Crippen molar-refractivity contribution in [2.24, 2.45) is 0 Å². The zero-order valence-electron chi connectivity index (χ0n) is 9.86. The molecule has 0 fully saturated rings. The van der Waals surface area contributed by atoms with E-state index in [0.717, 1.165) is 16.8 Å². The number of aromatic nitrogens is 1. The first-order chi connectivity index (χ1) is 8.97. The van der Waals surface area contributed by atoms with Gasteiger partial charge in [0.1, 0.15) is 5.75 Å². The van der Waals surface area contributed by atoms with Gasteiger partial charge in [0.15, 0.2) is 5.69 Å². The van der Waals surface area contributed by atoms with Crippen molar-refractivity contribution in [3.63, 3.8) is 0 Å². The van der Waals surface area contributed by atoms with Crippen LogP contribution in [0.2, 0.25) is 0 Å². The van der Waals surface area contributed by atoms with Crippen molar-refractivity contribution in [2.75, 3.05) is 7.11 Å². The average molecular weight is 289 g/mol. The van der Waals surface area contributed by atoms with E-state index in [1.807, 2.05) is 0 Å². The van der Waals surface area contributed by atoms with Crippen molar-refractivity contribution >= 4 is 11.3 Å². The van der Waals surface area contributed by atoms with Gasteiger partial charge in [0.05, 0.1) is 24.1 Å². The van der Waals surface area contributed by atoms with E-state index in [9.17, 15) is 18.3 Å². The molecule has 0 atom stereocenters. The normalized spacial score (nSPS) is 11.6. The molecule has 1 N–H and O–H groups in total. The minimum atomic E-state index is -4.52. The van der Waals surface area contributed by atoms with E-state index in [1.165, 1.54) is 19.2 Å². The van der Waals surface area contributed by atoms with E-state index in [4.69, 9.17) is 4.74 Å². The third-order valence-electron chi connectivity index (χ3n) is 2.57. The van der Waals surface area contributed by atoms with Gasteiger partial charge in [0.25, 0.3) is 0 Å². The molecule has 0 aliphatic carbocycles. The number of ether oxygens (including phenoxy) is 1. The molecule has 2 rings (SSSR count). The summed E-state index contributed by atoms with van der Waals surface area (Å²) in [7, 11) is 1.43. The predicted molar refractivity (Wildman–Crippen MR) is 65.0 cm³/mol. The lowest BCUT2D eigenvalue weighted by Crippen LogP contribution is -2.07. The van der Waals surface area contributed by atoms with Gasteiger partial charge in [-0.25, -0.2) is 4.98 Å². The van der Waals surface area contributed by atoms with Gasteiger partial charge in [-0.2, -0.15) is 13.2 Å². The highest BCUT2D eigenvalue weighted by Crippen LogP contribution is 2.40. The van der Waals surface area contributed by atoms with E-state index in [1.54, 1.807) is 6.07 Å². The number of thiazole rings is 1. The lowest BCUT2D eigenvalue weighted by molar-refractivity contribution is -0.140. The zero-order valence-corrected chi connectivity index (χ0v) is 10.7. The molecular formula is C12H10F3NO2S. The van der Waals surface area contributed by atoms with Gasteiger partial charge in [0.2, 0.25) is 0 Å². The van der Waals surface area contributed by atoms with E-state index in [0.29, 0.717) is 11.3 Å². The van der Waals surface area contributed by atoms with E-state index in [-0.39, 0.29) is 17.0 Å². The molecule has 2 aromatic rings. The Hall–Kier alpha value is -1.60. The summed E-state index contributed by atoms with van der Waals surface area (Å²) in [5.41, 5.74) is 0.881. The molecule has 102 valence electrons. The molecule has 0 aliphatic heterocycles. The molecule has 0 bridgehead atoms. The maximum Gasteiger partial charge on any atom is 0.434 e. The second-order valence-corrected chi connectivity index (χ2v) is 4.56. The van der Waals surface area contributed by atoms with Crippen molar-refractivity contribution in [1.29, 1.82) is 0 Å². The Bertz CT molecular complexity index is 581. The molecule has 7 heteroatoms. The van der Waals surface area contributed by atoms with Gasteiger partial charge in [-0.05, 0) is 17.7 Å². The van der Waals surface area contributed by atoms with Gasteiger partial charge >= 0.3 is 6.18 Å². The van der Waals surface area contributed by atoms with Crippen LogP contribution in [0.4, 0.5) is 13.2 Å². The van der Waals surface area contributed by atoms with Gasteiger partial charge in [0, 0.05) is 5.56 Å². The van der Waals surface area contributed by atoms with Crippen LogP contribution in [0, 0.1) is 0 Å². The Morgan fingerprint density at radius 1 is 1.37 bits per heavy atom. The van der Waals surface area contributed by atoms with Crippen molar-refractivity contribution in [3.8, 4) is 16.2 Å². The number of benzene rings is 1. The summed E-state index contributed by atoms with van der Waals surface area (Å²) in [5.74, 6) is 0.425. The Kier molecular flexibility index (Phi) is 3.77. The number of methoxy groups -OCH3 is 1. The molecule has 1 aromatic heterocycles. The summed E-state index contributed by atoms with van der Waals surface area (Å²) < 4.78 is 43.5. The lowest BCUT2D eigenvalue weighted by Gasteiger charge is -2.11. The van der Waals surface area contributed by atoms with Crippen LogP contribution in [-0.4, -0.2) is 17.2 Å². The smallest absolute Gasteiger partial charge is 0.434 e. The second-order valence-electron chi connectivity index (χ2n) is 3.71. The van der Waals surface area contributed by atoms with Gasteiger partial charge < -0.3 is 9.84 Å². The predicted octanol–water partition coefficient (Wildman–Crippen LogP) is 3.33. The van der Waals surface area contributed by atoms with Gasteiger partial charge in [-0.1, -0.05) is 6.07 Å². The fourth-order valence-corrected chi connectivity index (χ4v) is 2.53. The molecule has 1 aromatic carbocycles. The molecule has 1 heterocycles. The molecule has 0 aliphatic rings. The number of nitrogens with zero attached hydrogens (tertiary/aromatic N) is 1. The monoisotopic (exact) mass is 289 g/mol. The summed E-state index contributed by atoms with van der Waals surface area (Å²) in [6.07, 6.45) is -4.52. The Morgan fingerprint density at radius 2 is 2.11 bits per heavy atom. The number of alkyl halides is 3. The summed E-state index contributed by atoms with van der Waals surface area (Å²) in [5, 5.41) is 9.24. The largest absolute Gasteiger partial charge is 0.497 e. The summed E-state index contributed by atoms with van der Waals surface area (Å²) >= 11 is 0.880. The fourth-order valence-electron chi connectivity index (χ4n) is 1.67. The van der Waals surface area contributed by atoms with Crippen LogP contribution < -0.4 is 4.74 Å². The van der Waals surface area contributed by atoms with Gasteiger partial charge in [-0.3, -0.25) is 0 Å². The van der Waals surface area contributed by atoms with Crippen LogP contribution in [0.5, 0.6) is 5.75 Å². The molecular weight excluding hydrogens is 279 g/mol. The first-order valence-corrected chi connectivity index (χ1v) is 6.14. The highest BCUT2D eigenvalue weighted by molar-refractivity contribution is 7.13. The Balaban J connectivity index is 2.61. The van der Waals surface area contributed by atoms with Crippen molar-refractivity contribution in [3.05, 3.63) is 35.0 Å². The summed E-state index contributed by atoms with van der Waals surface area (Å²) in [6.45, 7) is -0.353. The van der Waals surface area contributed by atoms with Crippen LogP contribution in [0.25, 0.3) is 10.4 Å². The van der Waals surface area contributed by atoms with Crippen LogP contribution in [0.3, 0.4) is 0 Å². The first-order valence-electron chi connectivity index (χ1n) is 5.26. The molecule has 0 unspecified atom stereocenters. The maximum absolute atomic E-state index is 12.8. The topological polar surface area (TPSA) is 42.4 Å². The highest BCUT2D eigenvalue weighted by Gasteiger charge is 2.37. The summed E-state index contributed by atoms with van der Waals surface area (Å²) in [4.78, 5) is 3.35. The second kappa shape index (κ2) is 5.18. The molecule has 0 saturated heterocycles. The minimum Gasteiger partial charge on any atom is -0.497 e. The minimum absolute atomic E-state index is 0.0181. The first kappa shape index (κ1) is 13.8. The molecule has 0 amide bonds. The van der Waals surface area contributed by atoms with Crippen molar-refractivity contribution in [1.82, 2.24) is 4.98 Å². The molecule has 3 nitrogen and oxygen atoms in total. The number of aliphatic hydroxyl groups excluding tert-OH is 1. The van der Waals surface area contributed by atoms with E-state index in [2.05, 4.69) is 4.98 Å². The van der Waals surface area contributed by atoms with Gasteiger partial charge in [-0.15, -0.1) is 11.3 Å². The highest BCUT2D eigenvalue weighted by atomic mass is 32.1. The number of hydrogen-bond donors (Lipinski definition) is 1. The number of hydrogen-bond acceptors (Lipinski definition) is 4. The van der Waals surface area contributed by atoms with Crippen LogP contribution in [-0.2, 0) is 12.8 Å². The van der Waals surface area contributed by atoms with Crippen LogP contribution in [0.15, 0.2) is 23.7 Å². The molecule has 0 saturated carbocycles.